The normalized spacial score (nSPS) is 13.2. The van der Waals surface area contributed by atoms with E-state index < -0.39 is 0 Å². The van der Waals surface area contributed by atoms with Gasteiger partial charge in [-0.15, -0.1) is 0 Å². The molecule has 1 N–H and O–H groups in total. The number of rotatable bonds is 14. The Hall–Kier alpha value is -2.31. The van der Waals surface area contributed by atoms with E-state index >= 15 is 0 Å². The molecule has 4 nitrogen and oxygen atoms in total. The molecule has 1 amide bonds. The fraction of sp³-hybridized carbons (Fsp3) is 0.400. The third-order valence-corrected chi connectivity index (χ3v) is 5.85. The summed E-state index contributed by atoms with van der Waals surface area (Å²) in [5.41, 5.74) is 2.79. The average Bonchev–Trinajstić information content (AvgIpc) is 2.80. The van der Waals surface area contributed by atoms with E-state index in [0.29, 0.717) is 6.54 Å². The molecule has 0 atom stereocenters. The van der Waals surface area contributed by atoms with Crippen molar-refractivity contribution in [3.63, 3.8) is 0 Å². The zero-order valence-corrected chi connectivity index (χ0v) is 19.2. The van der Waals surface area contributed by atoms with Crippen molar-refractivity contribution in [3.05, 3.63) is 78.2 Å². The largest absolute Gasteiger partial charge is 0.486 e. The fourth-order valence-electron chi connectivity index (χ4n) is 3.23. The van der Waals surface area contributed by atoms with Crippen LogP contribution in [0.25, 0.3) is 0 Å². The van der Waals surface area contributed by atoms with Gasteiger partial charge >= 0.3 is 0 Å². The second-order valence-electron chi connectivity index (χ2n) is 7.41. The maximum atomic E-state index is 13.7. The third-order valence-electron chi connectivity index (χ3n) is 5.00. The van der Waals surface area contributed by atoms with E-state index in [-0.39, 0.29) is 24.1 Å². The van der Waals surface area contributed by atoms with Crippen LogP contribution in [0, 0.1) is 5.82 Å². The molecule has 0 spiro atoms. The Morgan fingerprint density at radius 2 is 2.16 bits per heavy atom. The van der Waals surface area contributed by atoms with Crippen LogP contribution < -0.4 is 9.46 Å². The van der Waals surface area contributed by atoms with Crippen molar-refractivity contribution >= 4 is 17.9 Å². The van der Waals surface area contributed by atoms with Gasteiger partial charge in [-0.2, -0.15) is 0 Å². The predicted molar refractivity (Wildman–Crippen MR) is 128 cm³/mol. The van der Waals surface area contributed by atoms with E-state index in [1.165, 1.54) is 6.07 Å². The molecule has 0 saturated carbocycles. The number of ether oxygens (including phenoxy) is 1. The first-order chi connectivity index (χ1) is 15.1. The van der Waals surface area contributed by atoms with Gasteiger partial charge in [-0.1, -0.05) is 61.9 Å². The number of likely N-dealkylation sites (N-methyl/N-ethyl adjacent to an activating group) is 1. The van der Waals surface area contributed by atoms with Gasteiger partial charge in [-0.05, 0) is 49.0 Å². The first kappa shape index (κ1) is 25.0. The van der Waals surface area contributed by atoms with Gasteiger partial charge in [0.05, 0.1) is 0 Å². The molecule has 0 bridgehead atoms. The van der Waals surface area contributed by atoms with Gasteiger partial charge in [0, 0.05) is 31.5 Å². The third kappa shape index (κ3) is 8.38. The summed E-state index contributed by atoms with van der Waals surface area (Å²) >= 11 is 1.66. The van der Waals surface area contributed by atoms with E-state index in [9.17, 15) is 9.18 Å². The maximum Gasteiger partial charge on any atom is 0.253 e. The highest BCUT2D eigenvalue weighted by Crippen LogP contribution is 2.22. The van der Waals surface area contributed by atoms with Crippen molar-refractivity contribution in [2.45, 2.75) is 38.6 Å². The monoisotopic (exact) mass is 444 g/mol. The molecule has 168 valence electrons. The van der Waals surface area contributed by atoms with E-state index in [2.05, 4.69) is 24.0 Å². The highest BCUT2D eigenvalue weighted by atomic mass is 32.2. The lowest BCUT2D eigenvalue weighted by Gasteiger charge is -2.20. The molecule has 1 aliphatic rings. The number of unbranched alkanes of at least 4 members (excludes halogenated alkanes) is 2. The molecule has 0 unspecified atom stereocenters. The van der Waals surface area contributed by atoms with Gasteiger partial charge in [0.25, 0.3) is 5.91 Å². The van der Waals surface area contributed by atoms with Crippen molar-refractivity contribution in [1.29, 1.82) is 0 Å². The number of hydrogen-bond donors (Lipinski definition) is 1. The summed E-state index contributed by atoms with van der Waals surface area (Å²) in [4.78, 5) is 14.4. The first-order valence-electron chi connectivity index (χ1n) is 10.7. The number of carbonyl (C=O) groups is 1. The summed E-state index contributed by atoms with van der Waals surface area (Å²) < 4.78 is 22.3. The predicted octanol–water partition coefficient (Wildman–Crippen LogP) is 5.59. The van der Waals surface area contributed by atoms with Crippen LogP contribution in [-0.2, 0) is 11.3 Å². The van der Waals surface area contributed by atoms with E-state index in [1.807, 2.05) is 13.1 Å². The highest BCUT2D eigenvalue weighted by Gasteiger charge is 2.17. The van der Waals surface area contributed by atoms with Crippen molar-refractivity contribution < 1.29 is 13.9 Å². The Morgan fingerprint density at radius 1 is 1.32 bits per heavy atom. The Kier molecular flexibility index (Phi) is 11.2. The first-order valence-corrected chi connectivity index (χ1v) is 11.7. The second-order valence-corrected chi connectivity index (χ2v) is 8.39. The van der Waals surface area contributed by atoms with Crippen LogP contribution in [0.1, 0.15) is 37.7 Å². The molecular formula is C25H33FN2O2S. The molecule has 1 aliphatic carbocycles. The lowest BCUT2D eigenvalue weighted by Crippen LogP contribution is -2.29. The molecule has 0 fully saturated rings. The lowest BCUT2D eigenvalue weighted by molar-refractivity contribution is -0.125. The van der Waals surface area contributed by atoms with Crippen LogP contribution in [0.2, 0.25) is 0 Å². The Bertz CT molecular complexity index is 820. The quantitative estimate of drug-likeness (QED) is 0.231. The SMILES string of the molecule is C=CCOc1cc(CNSCCCCCN(C)C(=O)C2=C(C=C)CCC=C2)ccc1F. The van der Waals surface area contributed by atoms with Gasteiger partial charge in [0.1, 0.15) is 6.61 Å². The lowest BCUT2D eigenvalue weighted by atomic mass is 9.96. The molecular weight excluding hydrogens is 411 g/mol. The summed E-state index contributed by atoms with van der Waals surface area (Å²) in [6, 6.07) is 4.90. The van der Waals surface area contributed by atoms with Crippen LogP contribution in [0.4, 0.5) is 4.39 Å². The minimum absolute atomic E-state index is 0.0811. The zero-order chi connectivity index (χ0) is 22.5. The number of nitrogens with one attached hydrogen (secondary N) is 1. The molecule has 0 aromatic heterocycles. The van der Waals surface area contributed by atoms with Crippen LogP contribution in [0.5, 0.6) is 5.75 Å². The van der Waals surface area contributed by atoms with E-state index in [1.54, 1.807) is 41.1 Å². The van der Waals surface area contributed by atoms with Crippen LogP contribution in [-0.4, -0.2) is 36.8 Å². The topological polar surface area (TPSA) is 41.6 Å². The van der Waals surface area contributed by atoms with Gasteiger partial charge in [0.2, 0.25) is 0 Å². The van der Waals surface area contributed by atoms with Gasteiger partial charge < -0.3 is 9.64 Å². The number of hydrogen-bond acceptors (Lipinski definition) is 4. The molecule has 0 aliphatic heterocycles. The molecule has 0 saturated heterocycles. The molecule has 2 rings (SSSR count). The zero-order valence-electron chi connectivity index (χ0n) is 18.4. The standard InChI is InChI=1S/C25H33FN2O2S/c1-4-16-30-24-18-20(13-14-23(24)26)19-27-31-17-10-6-9-15-28(3)25(29)22-12-8-7-11-21(22)5-2/h4-5,8,12-14,18,27H,1-2,6-7,9-11,15-17,19H2,3H3. The number of amides is 1. The Balaban J connectivity index is 1.60. The van der Waals surface area contributed by atoms with E-state index in [0.717, 1.165) is 61.1 Å². The smallest absolute Gasteiger partial charge is 0.253 e. The van der Waals surface area contributed by atoms with Gasteiger partial charge in [-0.3, -0.25) is 9.52 Å². The summed E-state index contributed by atoms with van der Waals surface area (Å²) in [6.07, 6.45) is 12.3. The molecule has 0 radical (unpaired) electrons. The van der Waals surface area contributed by atoms with Crippen molar-refractivity contribution in [2.75, 3.05) is 26.0 Å². The highest BCUT2D eigenvalue weighted by molar-refractivity contribution is 7.97. The molecule has 6 heteroatoms. The number of allylic oxidation sites excluding steroid dienone is 3. The summed E-state index contributed by atoms with van der Waals surface area (Å²) in [7, 11) is 1.87. The number of carbonyl (C=O) groups excluding carboxylic acids is 1. The summed E-state index contributed by atoms with van der Waals surface area (Å²) in [6.45, 7) is 9.08. The van der Waals surface area contributed by atoms with Crippen LogP contribution >= 0.6 is 11.9 Å². The number of benzene rings is 1. The average molecular weight is 445 g/mol. The molecule has 1 aromatic carbocycles. The van der Waals surface area contributed by atoms with Gasteiger partial charge in [-0.25, -0.2) is 4.39 Å². The fourth-order valence-corrected chi connectivity index (χ4v) is 3.99. The minimum atomic E-state index is -0.363. The van der Waals surface area contributed by atoms with Crippen molar-refractivity contribution in [3.8, 4) is 5.75 Å². The molecule has 1 aromatic rings. The second kappa shape index (κ2) is 13.9. The van der Waals surface area contributed by atoms with Crippen molar-refractivity contribution in [2.24, 2.45) is 0 Å². The minimum Gasteiger partial charge on any atom is -0.486 e. The number of nitrogens with zero attached hydrogens (tertiary/aromatic N) is 1. The Labute approximate surface area is 190 Å². The molecule has 31 heavy (non-hydrogen) atoms. The molecule has 0 heterocycles. The van der Waals surface area contributed by atoms with Crippen LogP contribution in [0.15, 0.2) is 66.8 Å². The van der Waals surface area contributed by atoms with Crippen molar-refractivity contribution in [1.82, 2.24) is 9.62 Å². The number of halogens is 1. The maximum absolute atomic E-state index is 13.7. The summed E-state index contributed by atoms with van der Waals surface area (Å²) in [5.74, 6) is 0.950. The Morgan fingerprint density at radius 3 is 2.94 bits per heavy atom. The summed E-state index contributed by atoms with van der Waals surface area (Å²) in [5, 5.41) is 0. The van der Waals surface area contributed by atoms with E-state index in [4.69, 9.17) is 4.74 Å². The van der Waals surface area contributed by atoms with Crippen LogP contribution in [0.3, 0.4) is 0 Å². The van der Waals surface area contributed by atoms with Gasteiger partial charge in [0.15, 0.2) is 11.6 Å².